The Bertz CT molecular complexity index is 799. The van der Waals surface area contributed by atoms with Crippen LogP contribution >= 0.6 is 0 Å². The zero-order valence-electron chi connectivity index (χ0n) is 13.2. The maximum atomic E-state index is 12.2. The molecule has 0 fully saturated rings. The van der Waals surface area contributed by atoms with Crippen molar-refractivity contribution in [3.05, 3.63) is 66.0 Å². The number of carbonyl (C=O) groups excluding carboxylic acids is 1. The van der Waals surface area contributed by atoms with Gasteiger partial charge in [-0.2, -0.15) is 4.68 Å². The lowest BCUT2D eigenvalue weighted by Crippen LogP contribution is -2.24. The second-order valence-corrected chi connectivity index (χ2v) is 4.98. The molecule has 24 heavy (non-hydrogen) atoms. The number of amides is 1. The molecule has 0 saturated carbocycles. The van der Waals surface area contributed by atoms with Crippen LogP contribution in [-0.4, -0.2) is 32.7 Å². The molecule has 1 heterocycles. The van der Waals surface area contributed by atoms with Crippen molar-refractivity contribution in [3.63, 3.8) is 0 Å². The molecule has 0 unspecified atom stereocenters. The Morgan fingerprint density at radius 1 is 1.12 bits per heavy atom. The number of para-hydroxylation sites is 1. The Balaban J connectivity index is 1.66. The van der Waals surface area contributed by atoms with E-state index in [0.29, 0.717) is 18.0 Å². The number of nitrogens with zero attached hydrogens (tertiary/aromatic N) is 4. The first-order chi connectivity index (χ1) is 11.8. The number of hydrogen-bond donors (Lipinski definition) is 1. The lowest BCUT2D eigenvalue weighted by molar-refractivity contribution is 0.0949. The van der Waals surface area contributed by atoms with Crippen molar-refractivity contribution >= 4 is 5.91 Å². The van der Waals surface area contributed by atoms with Gasteiger partial charge in [-0.1, -0.05) is 18.2 Å². The Morgan fingerprint density at radius 2 is 1.88 bits per heavy atom. The van der Waals surface area contributed by atoms with Crippen LogP contribution in [-0.2, 0) is 6.54 Å². The van der Waals surface area contributed by atoms with Crippen LogP contribution in [0.5, 0.6) is 5.75 Å². The third-order valence-electron chi connectivity index (χ3n) is 3.37. The smallest absolute Gasteiger partial charge is 0.251 e. The summed E-state index contributed by atoms with van der Waals surface area (Å²) in [5.74, 6) is 1.10. The number of ether oxygens (including phenoxy) is 1. The molecular weight excluding hydrogens is 306 g/mol. The Morgan fingerprint density at radius 3 is 2.58 bits per heavy atom. The number of hydrogen-bond acceptors (Lipinski definition) is 5. The minimum absolute atomic E-state index is 0.194. The Labute approximate surface area is 139 Å². The minimum atomic E-state index is -0.194. The van der Waals surface area contributed by atoms with Gasteiger partial charge in [-0.15, -0.1) is 5.10 Å². The summed E-state index contributed by atoms with van der Waals surface area (Å²) >= 11 is 0. The largest absolute Gasteiger partial charge is 0.494 e. The lowest BCUT2D eigenvalue weighted by Gasteiger charge is -2.07. The van der Waals surface area contributed by atoms with Crippen LogP contribution in [0, 0.1) is 0 Å². The quantitative estimate of drug-likeness (QED) is 0.750. The van der Waals surface area contributed by atoms with Crippen LogP contribution in [0.2, 0.25) is 0 Å². The van der Waals surface area contributed by atoms with E-state index in [0.717, 1.165) is 11.4 Å². The van der Waals surface area contributed by atoms with Crippen LogP contribution in [0.15, 0.2) is 54.6 Å². The van der Waals surface area contributed by atoms with Crippen LogP contribution in [0.4, 0.5) is 0 Å². The van der Waals surface area contributed by atoms with Gasteiger partial charge in [-0.25, -0.2) is 0 Å². The zero-order chi connectivity index (χ0) is 16.8. The summed E-state index contributed by atoms with van der Waals surface area (Å²) in [6.07, 6.45) is 0. The summed E-state index contributed by atoms with van der Waals surface area (Å²) in [5.41, 5.74) is 1.39. The fraction of sp³-hybridized carbons (Fsp3) is 0.176. The number of aromatic nitrogens is 4. The molecule has 1 aromatic heterocycles. The molecule has 0 aliphatic heterocycles. The van der Waals surface area contributed by atoms with Gasteiger partial charge in [0, 0.05) is 5.56 Å². The molecule has 1 amide bonds. The zero-order valence-corrected chi connectivity index (χ0v) is 13.2. The van der Waals surface area contributed by atoms with Crippen molar-refractivity contribution in [2.24, 2.45) is 0 Å². The molecular formula is C17H17N5O2. The average molecular weight is 323 g/mol. The number of nitrogens with one attached hydrogen (secondary N) is 1. The first kappa shape index (κ1) is 15.7. The normalized spacial score (nSPS) is 10.4. The highest BCUT2D eigenvalue weighted by atomic mass is 16.5. The van der Waals surface area contributed by atoms with Crippen LogP contribution < -0.4 is 10.1 Å². The molecule has 3 aromatic rings. The van der Waals surface area contributed by atoms with Crippen LogP contribution in [0.3, 0.4) is 0 Å². The van der Waals surface area contributed by atoms with E-state index < -0.39 is 0 Å². The predicted molar refractivity (Wildman–Crippen MR) is 87.9 cm³/mol. The van der Waals surface area contributed by atoms with Gasteiger partial charge in [0.1, 0.15) is 5.75 Å². The number of rotatable bonds is 6. The maximum absolute atomic E-state index is 12.2. The minimum Gasteiger partial charge on any atom is -0.494 e. The molecule has 0 radical (unpaired) electrons. The summed E-state index contributed by atoms with van der Waals surface area (Å²) in [5, 5.41) is 14.4. The van der Waals surface area contributed by atoms with Gasteiger partial charge in [0.2, 0.25) is 0 Å². The molecule has 0 saturated heterocycles. The highest BCUT2D eigenvalue weighted by Gasteiger charge is 2.11. The van der Waals surface area contributed by atoms with Gasteiger partial charge in [0.15, 0.2) is 5.82 Å². The van der Waals surface area contributed by atoms with Crippen LogP contribution in [0.1, 0.15) is 23.1 Å². The lowest BCUT2D eigenvalue weighted by atomic mass is 10.2. The third kappa shape index (κ3) is 3.57. The molecule has 7 heteroatoms. The molecule has 0 spiro atoms. The molecule has 1 N–H and O–H groups in total. The standard InChI is InChI=1S/C17H17N5O2/c1-2-24-15-10-8-13(9-11-15)17(23)18-12-16-19-20-21-22(16)14-6-4-3-5-7-14/h3-11H,2,12H2,1H3,(H,18,23). The summed E-state index contributed by atoms with van der Waals surface area (Å²) in [6, 6.07) is 16.5. The van der Waals surface area contributed by atoms with Crippen molar-refractivity contribution in [1.82, 2.24) is 25.5 Å². The van der Waals surface area contributed by atoms with E-state index in [9.17, 15) is 4.79 Å². The number of tetrazole rings is 1. The molecule has 122 valence electrons. The molecule has 7 nitrogen and oxygen atoms in total. The predicted octanol–water partition coefficient (Wildman–Crippen LogP) is 1.99. The van der Waals surface area contributed by atoms with E-state index in [2.05, 4.69) is 20.8 Å². The van der Waals surface area contributed by atoms with E-state index in [1.807, 2.05) is 37.3 Å². The summed E-state index contributed by atoms with van der Waals surface area (Å²) in [4.78, 5) is 12.2. The van der Waals surface area contributed by atoms with Crippen molar-refractivity contribution in [3.8, 4) is 11.4 Å². The van der Waals surface area contributed by atoms with Gasteiger partial charge in [-0.05, 0) is 53.7 Å². The second kappa shape index (κ2) is 7.36. The van der Waals surface area contributed by atoms with E-state index in [-0.39, 0.29) is 12.5 Å². The van der Waals surface area contributed by atoms with Gasteiger partial charge >= 0.3 is 0 Å². The first-order valence-corrected chi connectivity index (χ1v) is 7.61. The fourth-order valence-corrected chi connectivity index (χ4v) is 2.22. The highest BCUT2D eigenvalue weighted by molar-refractivity contribution is 5.94. The monoisotopic (exact) mass is 323 g/mol. The van der Waals surface area contributed by atoms with Gasteiger partial charge < -0.3 is 10.1 Å². The van der Waals surface area contributed by atoms with Crippen molar-refractivity contribution < 1.29 is 9.53 Å². The van der Waals surface area contributed by atoms with E-state index in [4.69, 9.17) is 4.74 Å². The van der Waals surface area contributed by atoms with Crippen LogP contribution in [0.25, 0.3) is 5.69 Å². The van der Waals surface area contributed by atoms with Gasteiger partial charge in [0.25, 0.3) is 5.91 Å². The van der Waals surface area contributed by atoms with E-state index in [1.54, 1.807) is 28.9 Å². The Kier molecular flexibility index (Phi) is 4.81. The summed E-state index contributed by atoms with van der Waals surface area (Å²) in [6.45, 7) is 2.74. The summed E-state index contributed by atoms with van der Waals surface area (Å²) < 4.78 is 6.96. The number of benzene rings is 2. The molecule has 0 atom stereocenters. The fourth-order valence-electron chi connectivity index (χ4n) is 2.22. The molecule has 2 aromatic carbocycles. The van der Waals surface area contributed by atoms with Gasteiger partial charge in [0.05, 0.1) is 18.8 Å². The molecule has 3 rings (SSSR count). The van der Waals surface area contributed by atoms with E-state index >= 15 is 0 Å². The number of carbonyl (C=O) groups is 1. The van der Waals surface area contributed by atoms with Crippen molar-refractivity contribution in [2.75, 3.05) is 6.61 Å². The van der Waals surface area contributed by atoms with Gasteiger partial charge in [-0.3, -0.25) is 4.79 Å². The first-order valence-electron chi connectivity index (χ1n) is 7.61. The topological polar surface area (TPSA) is 81.9 Å². The second-order valence-electron chi connectivity index (χ2n) is 4.98. The molecule has 0 bridgehead atoms. The van der Waals surface area contributed by atoms with Crippen molar-refractivity contribution in [1.29, 1.82) is 0 Å². The Hall–Kier alpha value is -3.22. The van der Waals surface area contributed by atoms with E-state index in [1.165, 1.54) is 0 Å². The van der Waals surface area contributed by atoms with Crippen molar-refractivity contribution in [2.45, 2.75) is 13.5 Å². The third-order valence-corrected chi connectivity index (χ3v) is 3.37. The molecule has 0 aliphatic carbocycles. The SMILES string of the molecule is CCOc1ccc(C(=O)NCc2nnnn2-c2ccccc2)cc1. The highest BCUT2D eigenvalue weighted by Crippen LogP contribution is 2.12. The average Bonchev–Trinajstić information content (AvgIpc) is 3.10. The molecule has 0 aliphatic rings. The summed E-state index contributed by atoms with van der Waals surface area (Å²) in [7, 11) is 0. The maximum Gasteiger partial charge on any atom is 0.251 e.